The molecule has 4 aromatic rings. The SMILES string of the molecule is O=C(CSc1[nH]c2ccccc2[n+]1Cc1ccccc1Cl)NN=Cc1cc(I)cc(I)c1[O-]. The highest BCUT2D eigenvalue weighted by Gasteiger charge is 2.21. The molecule has 168 valence electrons. The highest BCUT2D eigenvalue weighted by molar-refractivity contribution is 14.1. The summed E-state index contributed by atoms with van der Waals surface area (Å²) in [6.07, 6.45) is 1.38. The Kier molecular flexibility index (Phi) is 8.15. The van der Waals surface area contributed by atoms with Gasteiger partial charge in [0.1, 0.15) is 6.54 Å². The second-order valence-electron chi connectivity index (χ2n) is 7.01. The first-order valence-corrected chi connectivity index (χ1v) is 13.3. The van der Waals surface area contributed by atoms with Gasteiger partial charge in [-0.1, -0.05) is 47.7 Å². The van der Waals surface area contributed by atoms with Crippen LogP contribution in [0.25, 0.3) is 11.0 Å². The molecule has 6 nitrogen and oxygen atoms in total. The fraction of sp³-hybridized carbons (Fsp3) is 0.0870. The van der Waals surface area contributed by atoms with Crippen molar-refractivity contribution in [3.05, 3.63) is 84.0 Å². The summed E-state index contributed by atoms with van der Waals surface area (Å²) in [6, 6.07) is 19.2. The van der Waals surface area contributed by atoms with Gasteiger partial charge in [0, 0.05) is 17.7 Å². The normalized spacial score (nSPS) is 11.4. The van der Waals surface area contributed by atoms with Crippen LogP contribution in [0, 0.1) is 7.14 Å². The lowest BCUT2D eigenvalue weighted by Gasteiger charge is -2.13. The second kappa shape index (κ2) is 11.1. The van der Waals surface area contributed by atoms with Crippen molar-refractivity contribution in [2.75, 3.05) is 5.75 Å². The van der Waals surface area contributed by atoms with Crippen LogP contribution in [-0.2, 0) is 11.3 Å². The molecule has 1 aromatic heterocycles. The number of H-pyrrole nitrogens is 1. The summed E-state index contributed by atoms with van der Waals surface area (Å²) in [5.41, 5.74) is 5.93. The standard InChI is InChI=1S/C23H17ClI2N4O2S/c24-17-6-2-1-5-14(17)12-30-20-8-4-3-7-19(20)28-23(30)33-13-21(31)29-27-11-15-9-16(25)10-18(26)22(15)32/h1-11H,12-13H2,(H2,27,29,31,32). The Labute approximate surface area is 227 Å². The number of rotatable bonds is 7. The van der Waals surface area contributed by atoms with E-state index in [1.807, 2.05) is 71.1 Å². The Hall–Kier alpha value is -1.83. The van der Waals surface area contributed by atoms with Crippen LogP contribution in [-0.4, -0.2) is 22.9 Å². The molecule has 1 heterocycles. The van der Waals surface area contributed by atoms with Crippen LogP contribution in [0.3, 0.4) is 0 Å². The molecule has 0 bridgehead atoms. The van der Waals surface area contributed by atoms with Gasteiger partial charge in [-0.2, -0.15) is 5.10 Å². The fourth-order valence-corrected chi connectivity index (χ4v) is 6.11. The minimum atomic E-state index is -0.271. The van der Waals surface area contributed by atoms with E-state index in [0.717, 1.165) is 25.3 Å². The molecule has 33 heavy (non-hydrogen) atoms. The predicted octanol–water partition coefficient (Wildman–Crippen LogP) is 4.68. The number of carbonyl (C=O) groups excluding carboxylic acids is 1. The number of para-hydroxylation sites is 2. The predicted molar refractivity (Wildman–Crippen MR) is 147 cm³/mol. The number of hydrogen-bond acceptors (Lipinski definition) is 4. The number of hydrogen-bond donors (Lipinski definition) is 2. The van der Waals surface area contributed by atoms with E-state index in [1.165, 1.54) is 18.0 Å². The van der Waals surface area contributed by atoms with Gasteiger partial charge in [-0.05, 0) is 92.8 Å². The van der Waals surface area contributed by atoms with Crippen LogP contribution in [0.1, 0.15) is 11.1 Å². The van der Waals surface area contributed by atoms with Gasteiger partial charge in [-0.25, -0.2) is 15.0 Å². The number of aromatic nitrogens is 2. The molecule has 4 rings (SSSR count). The van der Waals surface area contributed by atoms with Crippen molar-refractivity contribution in [1.82, 2.24) is 10.4 Å². The molecule has 0 saturated carbocycles. The average Bonchev–Trinajstić information content (AvgIpc) is 3.14. The van der Waals surface area contributed by atoms with E-state index < -0.39 is 0 Å². The summed E-state index contributed by atoms with van der Waals surface area (Å²) in [4.78, 5) is 15.8. The maximum atomic E-state index is 12.4. The summed E-state index contributed by atoms with van der Waals surface area (Å²) in [6.45, 7) is 0.573. The van der Waals surface area contributed by atoms with Crippen molar-refractivity contribution in [2.24, 2.45) is 5.10 Å². The number of nitrogens with zero attached hydrogens (tertiary/aromatic N) is 2. The van der Waals surface area contributed by atoms with Crippen molar-refractivity contribution < 1.29 is 14.5 Å². The third-order valence-corrected chi connectivity index (χ3v) is 7.53. The van der Waals surface area contributed by atoms with Gasteiger partial charge >= 0.3 is 5.16 Å². The molecule has 0 aliphatic carbocycles. The number of thioether (sulfide) groups is 1. The van der Waals surface area contributed by atoms with E-state index in [4.69, 9.17) is 11.6 Å². The van der Waals surface area contributed by atoms with Gasteiger partial charge in [-0.3, -0.25) is 4.79 Å². The topological polar surface area (TPSA) is 84.2 Å². The summed E-state index contributed by atoms with van der Waals surface area (Å²) in [5.74, 6) is -0.227. The molecular weight excluding hydrogens is 686 g/mol. The van der Waals surface area contributed by atoms with E-state index >= 15 is 0 Å². The van der Waals surface area contributed by atoms with Crippen LogP contribution in [0.4, 0.5) is 0 Å². The molecule has 2 N–H and O–H groups in total. The monoisotopic (exact) mass is 702 g/mol. The van der Waals surface area contributed by atoms with Gasteiger partial charge in [0.2, 0.25) is 0 Å². The van der Waals surface area contributed by atoms with Gasteiger partial charge < -0.3 is 5.11 Å². The van der Waals surface area contributed by atoms with Gasteiger partial charge in [0.15, 0.2) is 11.0 Å². The van der Waals surface area contributed by atoms with Crippen molar-refractivity contribution in [3.63, 3.8) is 0 Å². The lowest BCUT2D eigenvalue weighted by atomic mass is 10.2. The molecule has 1 amide bonds. The minimum Gasteiger partial charge on any atom is -0.871 e. The smallest absolute Gasteiger partial charge is 0.317 e. The van der Waals surface area contributed by atoms with E-state index in [2.05, 4.69) is 42.7 Å². The number of benzene rings is 3. The Bertz CT molecular complexity index is 1360. The Morgan fingerprint density at radius 3 is 2.76 bits per heavy atom. The average molecular weight is 703 g/mol. The molecular formula is C23H17ClI2N4O2S. The maximum Gasteiger partial charge on any atom is 0.317 e. The van der Waals surface area contributed by atoms with E-state index in [9.17, 15) is 9.90 Å². The lowest BCUT2D eigenvalue weighted by Crippen LogP contribution is -2.36. The molecule has 10 heteroatoms. The number of aromatic amines is 1. The highest BCUT2D eigenvalue weighted by Crippen LogP contribution is 2.23. The largest absolute Gasteiger partial charge is 0.871 e. The van der Waals surface area contributed by atoms with Crippen molar-refractivity contribution in [1.29, 1.82) is 0 Å². The van der Waals surface area contributed by atoms with Crippen LogP contribution < -0.4 is 15.1 Å². The van der Waals surface area contributed by atoms with Crippen molar-refractivity contribution in [3.8, 4) is 5.75 Å². The van der Waals surface area contributed by atoms with Crippen LogP contribution >= 0.6 is 68.5 Å². The van der Waals surface area contributed by atoms with Crippen LogP contribution in [0.5, 0.6) is 5.75 Å². The number of nitrogens with one attached hydrogen (secondary N) is 2. The Balaban J connectivity index is 1.47. The molecule has 3 aromatic carbocycles. The third-order valence-electron chi connectivity index (χ3n) is 4.74. The molecule has 0 spiro atoms. The number of halogens is 3. The number of amides is 1. The molecule has 0 saturated heterocycles. The number of hydrazone groups is 1. The lowest BCUT2D eigenvalue weighted by molar-refractivity contribution is -0.700. The third kappa shape index (κ3) is 6.00. The maximum absolute atomic E-state index is 12.4. The van der Waals surface area contributed by atoms with Crippen LogP contribution in [0.2, 0.25) is 5.02 Å². The van der Waals surface area contributed by atoms with Gasteiger partial charge in [-0.15, -0.1) is 0 Å². The minimum absolute atomic E-state index is 0.109. The number of carbonyl (C=O) groups is 1. The van der Waals surface area contributed by atoms with Crippen LogP contribution in [0.15, 0.2) is 70.9 Å². The second-order valence-corrected chi connectivity index (χ2v) is 10.8. The first-order chi connectivity index (χ1) is 15.9. The van der Waals surface area contributed by atoms with Crippen molar-refractivity contribution in [2.45, 2.75) is 11.7 Å². The van der Waals surface area contributed by atoms with Crippen molar-refractivity contribution >= 4 is 91.7 Å². The highest BCUT2D eigenvalue weighted by atomic mass is 127. The fourth-order valence-electron chi connectivity index (χ4n) is 3.19. The van der Waals surface area contributed by atoms with Gasteiger partial charge in [0.05, 0.1) is 12.0 Å². The van der Waals surface area contributed by atoms with Gasteiger partial charge in [0.25, 0.3) is 5.91 Å². The molecule has 0 aliphatic rings. The molecule has 0 atom stereocenters. The quantitative estimate of drug-likeness (QED) is 0.0966. The summed E-state index contributed by atoms with van der Waals surface area (Å²) >= 11 is 11.9. The zero-order chi connectivity index (χ0) is 23.4. The van der Waals surface area contributed by atoms with E-state index in [-0.39, 0.29) is 17.4 Å². The summed E-state index contributed by atoms with van der Waals surface area (Å²) < 4.78 is 3.65. The number of imidazole rings is 1. The number of fused-ring (bicyclic) bond motifs is 1. The Morgan fingerprint density at radius 2 is 1.94 bits per heavy atom. The molecule has 0 unspecified atom stereocenters. The molecule has 0 aliphatic heterocycles. The molecule has 0 radical (unpaired) electrons. The molecule has 0 fully saturated rings. The Morgan fingerprint density at radius 1 is 1.18 bits per heavy atom. The first-order valence-electron chi connectivity index (χ1n) is 9.77. The summed E-state index contributed by atoms with van der Waals surface area (Å²) in [5, 5.41) is 17.7. The van der Waals surface area contributed by atoms with E-state index in [0.29, 0.717) is 20.7 Å². The zero-order valence-corrected chi connectivity index (χ0v) is 22.9. The summed E-state index contributed by atoms with van der Waals surface area (Å²) in [7, 11) is 0. The first kappa shape index (κ1) is 24.3. The zero-order valence-electron chi connectivity index (χ0n) is 17.0. The van der Waals surface area contributed by atoms with E-state index in [1.54, 1.807) is 12.1 Å².